The van der Waals surface area contributed by atoms with Crippen LogP contribution in [0.15, 0.2) is 21.9 Å². The average Bonchev–Trinajstić information content (AvgIpc) is 2.87. The quantitative estimate of drug-likeness (QED) is 0.455. The maximum atomic E-state index is 11.5. The van der Waals surface area contributed by atoms with Crippen LogP contribution < -0.4 is 4.83 Å². The second kappa shape index (κ2) is 6.79. The van der Waals surface area contributed by atoms with Crippen LogP contribution in [0.2, 0.25) is 0 Å². The van der Waals surface area contributed by atoms with E-state index in [9.17, 15) is 18.7 Å². The smallest absolute Gasteiger partial charge is 0.244 e. The highest BCUT2D eigenvalue weighted by Crippen LogP contribution is 2.68. The first kappa shape index (κ1) is 21.8. The number of sulfonamides is 1. The highest BCUT2D eigenvalue weighted by atomic mass is 32.2. The van der Waals surface area contributed by atoms with Crippen molar-refractivity contribution in [3.8, 4) is 0 Å². The highest BCUT2D eigenvalue weighted by molar-refractivity contribution is 7.88. The van der Waals surface area contributed by atoms with Gasteiger partial charge < -0.3 is 10.3 Å². The van der Waals surface area contributed by atoms with Gasteiger partial charge in [0.1, 0.15) is 11.4 Å². The van der Waals surface area contributed by atoms with Gasteiger partial charge in [-0.2, -0.15) is 5.10 Å². The van der Waals surface area contributed by atoms with Gasteiger partial charge in [0.25, 0.3) is 0 Å². The zero-order chi connectivity index (χ0) is 22.1. The topological polar surface area (TPSA) is 111 Å². The van der Waals surface area contributed by atoms with Crippen LogP contribution in [0.4, 0.5) is 0 Å². The summed E-state index contributed by atoms with van der Waals surface area (Å²) < 4.78 is 22.9. The number of nitrogens with zero attached hydrogens (tertiary/aromatic N) is 2. The number of allylic oxidation sites excluding steroid dienone is 2. The van der Waals surface area contributed by atoms with Crippen molar-refractivity contribution in [1.29, 1.82) is 0 Å². The Morgan fingerprint density at radius 2 is 1.93 bits per heavy atom. The van der Waals surface area contributed by atoms with Gasteiger partial charge in [0.05, 0.1) is 11.9 Å². The summed E-state index contributed by atoms with van der Waals surface area (Å²) in [6.07, 6.45) is 8.45. The molecule has 3 saturated carbocycles. The van der Waals surface area contributed by atoms with E-state index in [4.69, 9.17) is 0 Å². The predicted octanol–water partition coefficient (Wildman–Crippen LogP) is 3.29. The summed E-state index contributed by atoms with van der Waals surface area (Å²) in [6, 6.07) is 0. The second-order valence-electron chi connectivity index (χ2n) is 10.9. The van der Waals surface area contributed by atoms with Crippen molar-refractivity contribution in [3.05, 3.63) is 11.6 Å². The van der Waals surface area contributed by atoms with Crippen LogP contribution in [-0.2, 0) is 10.0 Å². The number of hydrazone groups is 1. The molecule has 4 aliphatic rings. The third-order valence-electron chi connectivity index (χ3n) is 9.14. The van der Waals surface area contributed by atoms with Crippen LogP contribution >= 0.6 is 0 Å². The standard InChI is InChI=1S/C22H35N3O4S/c1-13-11-21(3)16(8-9-22(21,4)26)15-7-6-14-10-17(23-25-30(5,28)29)18(24-27)12-20(14,2)19(13)15/h10,13,15-16,19,25-27H,6-9,11-12H2,1-5H3/t13?,15-,16-,19-,20-,21-,22-/m0/s1. The van der Waals surface area contributed by atoms with Crippen molar-refractivity contribution in [2.75, 3.05) is 6.26 Å². The first-order chi connectivity index (χ1) is 13.8. The van der Waals surface area contributed by atoms with E-state index >= 15 is 0 Å². The molecule has 0 aliphatic heterocycles. The second-order valence-corrected chi connectivity index (χ2v) is 12.6. The monoisotopic (exact) mass is 437 g/mol. The van der Waals surface area contributed by atoms with E-state index in [1.807, 2.05) is 13.0 Å². The molecule has 168 valence electrons. The molecule has 0 amide bonds. The van der Waals surface area contributed by atoms with Crippen LogP contribution in [0.3, 0.4) is 0 Å². The summed E-state index contributed by atoms with van der Waals surface area (Å²) in [7, 11) is -3.48. The first-order valence-corrected chi connectivity index (χ1v) is 12.9. The Labute approximate surface area is 179 Å². The van der Waals surface area contributed by atoms with E-state index in [1.165, 1.54) is 5.57 Å². The summed E-state index contributed by atoms with van der Waals surface area (Å²) in [5.41, 5.74) is 1.27. The maximum absolute atomic E-state index is 11.5. The molecule has 1 unspecified atom stereocenters. The molecular formula is C22H35N3O4S. The van der Waals surface area contributed by atoms with E-state index in [2.05, 4.69) is 35.9 Å². The molecule has 7 nitrogen and oxygen atoms in total. The van der Waals surface area contributed by atoms with Crippen molar-refractivity contribution in [1.82, 2.24) is 4.83 Å². The third kappa shape index (κ3) is 3.13. The molecule has 4 rings (SSSR count). The SMILES string of the molecule is CC1C[C@@]2(C)[C@@H](CC[C@]2(C)O)[C@@H]2CCC3=CC(=NNS(C)(=O)=O)C(=NO)C[C@]3(C)[C@@H]12. The number of aliphatic hydroxyl groups is 1. The lowest BCUT2D eigenvalue weighted by Crippen LogP contribution is -2.57. The Morgan fingerprint density at radius 1 is 1.23 bits per heavy atom. The Balaban J connectivity index is 1.73. The molecule has 0 aromatic carbocycles. The largest absolute Gasteiger partial charge is 0.411 e. The summed E-state index contributed by atoms with van der Waals surface area (Å²) in [5.74, 6) is 1.90. The van der Waals surface area contributed by atoms with Gasteiger partial charge in [0.15, 0.2) is 0 Å². The molecular weight excluding hydrogens is 402 g/mol. The van der Waals surface area contributed by atoms with Gasteiger partial charge in [0, 0.05) is 6.42 Å². The van der Waals surface area contributed by atoms with Crippen molar-refractivity contribution in [3.63, 3.8) is 0 Å². The molecule has 3 fully saturated rings. The normalized spacial score (nSPS) is 48.7. The molecule has 0 bridgehead atoms. The number of fused-ring (bicyclic) bond motifs is 5. The van der Waals surface area contributed by atoms with Crippen molar-refractivity contribution < 1.29 is 18.7 Å². The lowest BCUT2D eigenvalue weighted by Gasteiger charge is -2.61. The minimum absolute atomic E-state index is 0.0558. The molecule has 0 aromatic heterocycles. The van der Waals surface area contributed by atoms with Gasteiger partial charge in [-0.25, -0.2) is 13.2 Å². The van der Waals surface area contributed by atoms with Crippen molar-refractivity contribution >= 4 is 21.4 Å². The fraction of sp³-hybridized carbons (Fsp3) is 0.818. The van der Waals surface area contributed by atoms with Crippen LogP contribution in [0, 0.1) is 34.5 Å². The number of hydrogen-bond donors (Lipinski definition) is 3. The Morgan fingerprint density at radius 3 is 2.57 bits per heavy atom. The Kier molecular flexibility index (Phi) is 4.94. The van der Waals surface area contributed by atoms with Crippen LogP contribution in [0.5, 0.6) is 0 Å². The van der Waals surface area contributed by atoms with E-state index in [0.29, 0.717) is 41.5 Å². The Hall–Kier alpha value is -1.41. The summed E-state index contributed by atoms with van der Waals surface area (Å²) >= 11 is 0. The summed E-state index contributed by atoms with van der Waals surface area (Å²) in [6.45, 7) is 8.89. The molecule has 30 heavy (non-hydrogen) atoms. The highest BCUT2D eigenvalue weighted by Gasteiger charge is 2.64. The molecule has 0 aromatic rings. The zero-order valence-corrected chi connectivity index (χ0v) is 19.5. The number of rotatable bonds is 2. The number of oxime groups is 1. The predicted molar refractivity (Wildman–Crippen MR) is 117 cm³/mol. The van der Waals surface area contributed by atoms with Gasteiger partial charge in [-0.05, 0) is 79.6 Å². The minimum atomic E-state index is -3.48. The summed E-state index contributed by atoms with van der Waals surface area (Å²) in [4.78, 5) is 2.17. The lowest BCUT2D eigenvalue weighted by molar-refractivity contribution is -0.136. The lowest BCUT2D eigenvalue weighted by atomic mass is 9.44. The van der Waals surface area contributed by atoms with E-state index in [0.717, 1.165) is 38.4 Å². The van der Waals surface area contributed by atoms with E-state index < -0.39 is 15.6 Å². The molecule has 3 N–H and O–H groups in total. The molecule has 0 heterocycles. The van der Waals surface area contributed by atoms with Gasteiger partial charge >= 0.3 is 0 Å². The average molecular weight is 438 g/mol. The van der Waals surface area contributed by atoms with E-state index in [1.54, 1.807) is 0 Å². The van der Waals surface area contributed by atoms with E-state index in [-0.39, 0.29) is 10.8 Å². The van der Waals surface area contributed by atoms with Crippen molar-refractivity contribution in [2.45, 2.75) is 71.8 Å². The minimum Gasteiger partial charge on any atom is -0.411 e. The van der Waals surface area contributed by atoms with Crippen molar-refractivity contribution in [2.24, 2.45) is 44.8 Å². The fourth-order valence-electron chi connectivity index (χ4n) is 7.74. The molecule has 0 spiro atoms. The number of hydrogen-bond acceptors (Lipinski definition) is 6. The van der Waals surface area contributed by atoms with Crippen LogP contribution in [-0.4, -0.2) is 42.0 Å². The van der Waals surface area contributed by atoms with Crippen LogP contribution in [0.1, 0.15) is 66.2 Å². The number of nitrogens with one attached hydrogen (secondary N) is 1. The molecule has 0 saturated heterocycles. The zero-order valence-electron chi connectivity index (χ0n) is 18.6. The maximum Gasteiger partial charge on any atom is 0.244 e. The third-order valence-corrected chi connectivity index (χ3v) is 9.56. The van der Waals surface area contributed by atoms with Gasteiger partial charge in [-0.3, -0.25) is 0 Å². The van der Waals surface area contributed by atoms with Gasteiger partial charge in [-0.1, -0.05) is 31.5 Å². The van der Waals surface area contributed by atoms with Gasteiger partial charge in [-0.15, -0.1) is 0 Å². The fourth-order valence-corrected chi connectivity index (χ4v) is 8.00. The summed E-state index contributed by atoms with van der Waals surface area (Å²) in [5, 5.41) is 28.4. The first-order valence-electron chi connectivity index (χ1n) is 11.0. The molecule has 7 atom stereocenters. The molecule has 8 heteroatoms. The Bertz CT molecular complexity index is 938. The molecule has 4 aliphatic carbocycles. The van der Waals surface area contributed by atoms with Gasteiger partial charge in [0.2, 0.25) is 10.0 Å². The van der Waals surface area contributed by atoms with Crippen LogP contribution in [0.25, 0.3) is 0 Å². The molecule has 0 radical (unpaired) electrons.